The number of nitrogens with two attached hydrogens (primary N) is 1. The molecule has 2 rings (SSSR count). The van der Waals surface area contributed by atoms with Gasteiger partial charge >= 0.3 is 0 Å². The summed E-state index contributed by atoms with van der Waals surface area (Å²) in [6.07, 6.45) is 4.02. The van der Waals surface area contributed by atoms with Gasteiger partial charge in [0.05, 0.1) is 15.9 Å². The minimum atomic E-state index is 0.129. The zero-order valence-electron chi connectivity index (χ0n) is 11.2. The highest BCUT2D eigenvalue weighted by atomic mass is 79.9. The third-order valence-corrected chi connectivity index (χ3v) is 5.31. The van der Waals surface area contributed by atoms with E-state index in [2.05, 4.69) is 46.0 Å². The lowest BCUT2D eigenvalue weighted by Crippen LogP contribution is -2.42. The first-order valence-electron chi connectivity index (χ1n) is 6.80. The maximum absolute atomic E-state index is 8.86. The Balaban J connectivity index is 2.22. The molecule has 0 bridgehead atoms. The molecule has 1 aromatic rings. The Hall–Kier alpha value is -0.410. The summed E-state index contributed by atoms with van der Waals surface area (Å²) in [7, 11) is 0. The van der Waals surface area contributed by atoms with Gasteiger partial charge in [0, 0.05) is 29.9 Å². The predicted molar refractivity (Wildman–Crippen MR) is 83.0 cm³/mol. The molecule has 2 unspecified atom stereocenters. The van der Waals surface area contributed by atoms with Crippen LogP contribution in [-0.2, 0) is 0 Å². The highest BCUT2D eigenvalue weighted by molar-refractivity contribution is 9.11. The fourth-order valence-corrected chi connectivity index (χ4v) is 4.09. The standard InChI is InChI=1S/C14H20BrN3S/c1-2-11(17)14(12-6-7-13(15)19-12)18(9-3-8-16)10-4-5-10/h6-7,10-11,14H,2-5,9,17H2,1H3. The lowest BCUT2D eigenvalue weighted by molar-refractivity contribution is 0.166. The maximum atomic E-state index is 8.86. The van der Waals surface area contributed by atoms with Crippen LogP contribution < -0.4 is 5.73 Å². The second-order valence-electron chi connectivity index (χ2n) is 5.04. The molecule has 104 valence electrons. The summed E-state index contributed by atoms with van der Waals surface area (Å²) in [4.78, 5) is 3.77. The van der Waals surface area contributed by atoms with Gasteiger partial charge in [-0.15, -0.1) is 11.3 Å². The number of nitriles is 1. The van der Waals surface area contributed by atoms with Gasteiger partial charge in [-0.1, -0.05) is 6.92 Å². The number of hydrogen-bond donors (Lipinski definition) is 1. The Labute approximate surface area is 127 Å². The van der Waals surface area contributed by atoms with Crippen LogP contribution in [0.2, 0.25) is 0 Å². The van der Waals surface area contributed by atoms with Gasteiger partial charge in [0.25, 0.3) is 0 Å². The molecule has 0 amide bonds. The molecule has 19 heavy (non-hydrogen) atoms. The van der Waals surface area contributed by atoms with Gasteiger partial charge in [0.15, 0.2) is 0 Å². The van der Waals surface area contributed by atoms with Crippen molar-refractivity contribution in [2.75, 3.05) is 6.54 Å². The normalized spacial score (nSPS) is 18.3. The Morgan fingerprint density at radius 2 is 2.32 bits per heavy atom. The molecule has 2 N–H and O–H groups in total. The van der Waals surface area contributed by atoms with Crippen molar-refractivity contribution in [2.24, 2.45) is 5.73 Å². The Kier molecular flexibility index (Phi) is 5.40. The second kappa shape index (κ2) is 6.85. The molecule has 5 heteroatoms. The third kappa shape index (κ3) is 3.79. The van der Waals surface area contributed by atoms with Crippen molar-refractivity contribution in [1.29, 1.82) is 5.26 Å². The summed E-state index contributed by atoms with van der Waals surface area (Å²) in [6, 6.07) is 7.52. The van der Waals surface area contributed by atoms with Crippen molar-refractivity contribution in [3.8, 4) is 6.07 Å². The zero-order valence-corrected chi connectivity index (χ0v) is 13.6. The van der Waals surface area contributed by atoms with Crippen LogP contribution in [0.15, 0.2) is 15.9 Å². The third-order valence-electron chi connectivity index (χ3n) is 3.62. The van der Waals surface area contributed by atoms with Crippen LogP contribution in [0.1, 0.15) is 43.5 Å². The van der Waals surface area contributed by atoms with E-state index >= 15 is 0 Å². The first kappa shape index (κ1) is 15.0. The molecule has 1 aliphatic rings. The molecule has 1 aliphatic carbocycles. The van der Waals surface area contributed by atoms with Gasteiger partial charge in [-0.2, -0.15) is 5.26 Å². The average molecular weight is 342 g/mol. The summed E-state index contributed by atoms with van der Waals surface area (Å²) in [5.41, 5.74) is 6.36. The molecule has 0 saturated heterocycles. The summed E-state index contributed by atoms with van der Waals surface area (Å²) < 4.78 is 1.15. The van der Waals surface area contributed by atoms with Crippen LogP contribution in [-0.4, -0.2) is 23.5 Å². The zero-order chi connectivity index (χ0) is 13.8. The van der Waals surface area contributed by atoms with Crippen molar-refractivity contribution < 1.29 is 0 Å². The number of halogens is 1. The second-order valence-corrected chi connectivity index (χ2v) is 7.53. The van der Waals surface area contributed by atoms with Gasteiger partial charge < -0.3 is 5.73 Å². The molecule has 0 radical (unpaired) electrons. The van der Waals surface area contributed by atoms with E-state index in [1.807, 2.05) is 0 Å². The van der Waals surface area contributed by atoms with Crippen LogP contribution in [0.5, 0.6) is 0 Å². The van der Waals surface area contributed by atoms with Gasteiger partial charge in [0.1, 0.15) is 0 Å². The van der Waals surface area contributed by atoms with Crippen molar-refractivity contribution in [3.63, 3.8) is 0 Å². The van der Waals surface area contributed by atoms with Gasteiger partial charge in [0.2, 0.25) is 0 Å². The van der Waals surface area contributed by atoms with E-state index in [9.17, 15) is 0 Å². The number of nitrogens with zero attached hydrogens (tertiary/aromatic N) is 2. The lowest BCUT2D eigenvalue weighted by atomic mass is 10.0. The fourth-order valence-electron chi connectivity index (χ4n) is 2.46. The van der Waals surface area contributed by atoms with Crippen molar-refractivity contribution in [1.82, 2.24) is 4.90 Å². The van der Waals surface area contributed by atoms with Gasteiger partial charge in [-0.25, -0.2) is 0 Å². The van der Waals surface area contributed by atoms with E-state index in [4.69, 9.17) is 11.0 Å². The number of rotatable bonds is 7. The minimum Gasteiger partial charge on any atom is -0.326 e. The molecule has 1 heterocycles. The minimum absolute atomic E-state index is 0.129. The molecule has 1 fully saturated rings. The Morgan fingerprint density at radius 3 is 2.79 bits per heavy atom. The Morgan fingerprint density at radius 1 is 1.58 bits per heavy atom. The molecular formula is C14H20BrN3S. The molecule has 3 nitrogen and oxygen atoms in total. The van der Waals surface area contributed by atoms with E-state index in [-0.39, 0.29) is 12.1 Å². The van der Waals surface area contributed by atoms with Crippen molar-refractivity contribution in [2.45, 2.75) is 50.7 Å². The molecule has 0 spiro atoms. The smallest absolute Gasteiger partial charge is 0.0702 e. The van der Waals surface area contributed by atoms with E-state index in [0.717, 1.165) is 16.8 Å². The first-order valence-corrected chi connectivity index (χ1v) is 8.41. The largest absolute Gasteiger partial charge is 0.326 e. The molecule has 0 aromatic carbocycles. The van der Waals surface area contributed by atoms with Crippen molar-refractivity contribution in [3.05, 3.63) is 20.8 Å². The predicted octanol–water partition coefficient (Wildman–Crippen LogP) is 3.67. The monoisotopic (exact) mass is 341 g/mol. The Bertz CT molecular complexity index is 450. The van der Waals surface area contributed by atoms with Crippen LogP contribution >= 0.6 is 27.3 Å². The van der Waals surface area contributed by atoms with E-state index in [1.165, 1.54) is 17.7 Å². The van der Waals surface area contributed by atoms with Crippen LogP contribution in [0.25, 0.3) is 0 Å². The van der Waals surface area contributed by atoms with Gasteiger partial charge in [-0.3, -0.25) is 4.90 Å². The average Bonchev–Trinajstić information content (AvgIpc) is 3.16. The van der Waals surface area contributed by atoms with E-state index in [0.29, 0.717) is 12.5 Å². The molecular weight excluding hydrogens is 322 g/mol. The maximum Gasteiger partial charge on any atom is 0.0702 e. The number of thiophene rings is 1. The summed E-state index contributed by atoms with van der Waals surface area (Å²) in [5, 5.41) is 8.86. The SMILES string of the molecule is CCC(N)C(c1ccc(Br)s1)N(CCC#N)C1CC1. The highest BCUT2D eigenvalue weighted by Crippen LogP contribution is 2.39. The summed E-state index contributed by atoms with van der Waals surface area (Å²) in [6.45, 7) is 2.96. The van der Waals surface area contributed by atoms with Crippen LogP contribution in [0.3, 0.4) is 0 Å². The topological polar surface area (TPSA) is 53.0 Å². The van der Waals surface area contributed by atoms with Gasteiger partial charge in [-0.05, 0) is 47.3 Å². The molecule has 2 atom stereocenters. The lowest BCUT2D eigenvalue weighted by Gasteiger charge is -2.34. The molecule has 1 saturated carbocycles. The quantitative estimate of drug-likeness (QED) is 0.823. The van der Waals surface area contributed by atoms with Crippen molar-refractivity contribution >= 4 is 27.3 Å². The molecule has 1 aromatic heterocycles. The summed E-state index contributed by atoms with van der Waals surface area (Å²) in [5.74, 6) is 0. The molecule has 0 aliphatic heterocycles. The number of hydrogen-bond acceptors (Lipinski definition) is 4. The summed E-state index contributed by atoms with van der Waals surface area (Å²) >= 11 is 5.29. The fraction of sp³-hybridized carbons (Fsp3) is 0.643. The highest BCUT2D eigenvalue weighted by Gasteiger charge is 2.37. The van der Waals surface area contributed by atoms with Crippen LogP contribution in [0.4, 0.5) is 0 Å². The first-order chi connectivity index (χ1) is 9.17. The van der Waals surface area contributed by atoms with E-state index < -0.39 is 0 Å². The van der Waals surface area contributed by atoms with E-state index in [1.54, 1.807) is 11.3 Å². The van der Waals surface area contributed by atoms with Crippen LogP contribution in [0, 0.1) is 11.3 Å².